The van der Waals surface area contributed by atoms with Crippen LogP contribution >= 0.6 is 11.6 Å². The van der Waals surface area contributed by atoms with Crippen LogP contribution in [0.5, 0.6) is 0 Å². The van der Waals surface area contributed by atoms with Crippen LogP contribution in [-0.4, -0.2) is 70.4 Å². The highest BCUT2D eigenvalue weighted by molar-refractivity contribution is 6.33. The number of nitrogens with one attached hydrogen (secondary N) is 1. The SMILES string of the molecule is C[C@@H](O)[C@@H]1NC(=O)[C@H]2CN(C(=O)c3ccccc3Cl)CCN2C1=O. The molecule has 24 heavy (non-hydrogen) atoms. The molecule has 128 valence electrons. The molecular formula is C16H18ClN3O4. The molecule has 1 aromatic carbocycles. The van der Waals surface area contributed by atoms with Crippen molar-refractivity contribution in [2.45, 2.75) is 25.1 Å². The van der Waals surface area contributed by atoms with Crippen LogP contribution in [0.4, 0.5) is 0 Å². The van der Waals surface area contributed by atoms with E-state index in [0.717, 1.165) is 0 Å². The van der Waals surface area contributed by atoms with Gasteiger partial charge in [0.25, 0.3) is 5.91 Å². The van der Waals surface area contributed by atoms with Crippen LogP contribution in [0.15, 0.2) is 24.3 Å². The minimum atomic E-state index is -0.967. The standard InChI is InChI=1S/C16H18ClN3O4/c1-9(21)13-16(24)20-7-6-19(8-12(20)14(22)18-13)15(23)10-4-2-3-5-11(10)17/h2-5,9,12-13,21H,6-8H2,1H3,(H,18,22)/t9-,12-,13+/m1/s1. The lowest BCUT2D eigenvalue weighted by atomic mass is 10.0. The zero-order chi connectivity index (χ0) is 17.4. The van der Waals surface area contributed by atoms with Crippen molar-refractivity contribution in [1.29, 1.82) is 0 Å². The summed E-state index contributed by atoms with van der Waals surface area (Å²) in [6, 6.07) is 5.05. The van der Waals surface area contributed by atoms with Gasteiger partial charge >= 0.3 is 0 Å². The minimum absolute atomic E-state index is 0.105. The van der Waals surface area contributed by atoms with Crippen molar-refractivity contribution >= 4 is 29.3 Å². The lowest BCUT2D eigenvalue weighted by Gasteiger charge is -2.45. The lowest BCUT2D eigenvalue weighted by molar-refractivity contribution is -0.155. The molecule has 0 saturated carbocycles. The molecule has 0 bridgehead atoms. The maximum atomic E-state index is 12.6. The van der Waals surface area contributed by atoms with E-state index in [-0.39, 0.29) is 30.8 Å². The van der Waals surface area contributed by atoms with Crippen LogP contribution in [-0.2, 0) is 9.59 Å². The number of piperazine rings is 2. The Kier molecular flexibility index (Phi) is 4.47. The smallest absolute Gasteiger partial charge is 0.255 e. The van der Waals surface area contributed by atoms with Crippen LogP contribution in [0, 0.1) is 0 Å². The normalized spacial score (nSPS) is 25.1. The number of aliphatic hydroxyl groups is 1. The van der Waals surface area contributed by atoms with Gasteiger partial charge in [0.15, 0.2) is 0 Å². The van der Waals surface area contributed by atoms with Gasteiger partial charge < -0.3 is 20.2 Å². The molecule has 2 saturated heterocycles. The Hall–Kier alpha value is -2.12. The Morgan fingerprint density at radius 2 is 2.04 bits per heavy atom. The highest BCUT2D eigenvalue weighted by Crippen LogP contribution is 2.22. The van der Waals surface area contributed by atoms with Crippen LogP contribution in [0.2, 0.25) is 5.02 Å². The number of hydrogen-bond donors (Lipinski definition) is 2. The first-order valence-corrected chi connectivity index (χ1v) is 8.10. The van der Waals surface area contributed by atoms with Gasteiger partial charge in [-0.15, -0.1) is 0 Å². The molecule has 3 atom stereocenters. The molecule has 3 amide bonds. The summed E-state index contributed by atoms with van der Waals surface area (Å²) >= 11 is 6.06. The molecule has 1 aromatic rings. The summed E-state index contributed by atoms with van der Waals surface area (Å²) in [4.78, 5) is 40.2. The molecule has 0 unspecified atom stereocenters. The summed E-state index contributed by atoms with van der Waals surface area (Å²) in [6.07, 6.45) is -0.967. The van der Waals surface area contributed by atoms with E-state index in [1.54, 1.807) is 24.3 Å². The zero-order valence-electron chi connectivity index (χ0n) is 13.1. The molecule has 0 aliphatic carbocycles. The number of nitrogens with zero attached hydrogens (tertiary/aromatic N) is 2. The first kappa shape index (κ1) is 16.7. The third kappa shape index (κ3) is 2.85. The quantitative estimate of drug-likeness (QED) is 0.777. The highest BCUT2D eigenvalue weighted by atomic mass is 35.5. The molecule has 2 aliphatic heterocycles. The summed E-state index contributed by atoms with van der Waals surface area (Å²) in [7, 11) is 0. The first-order valence-electron chi connectivity index (χ1n) is 7.73. The number of hydrogen-bond acceptors (Lipinski definition) is 4. The monoisotopic (exact) mass is 351 g/mol. The summed E-state index contributed by atoms with van der Waals surface area (Å²) in [5.41, 5.74) is 0.372. The Morgan fingerprint density at radius 3 is 2.71 bits per heavy atom. The van der Waals surface area contributed by atoms with Gasteiger partial charge in [-0.1, -0.05) is 23.7 Å². The molecule has 8 heteroatoms. The maximum Gasteiger partial charge on any atom is 0.255 e. The van der Waals surface area contributed by atoms with E-state index in [4.69, 9.17) is 11.6 Å². The van der Waals surface area contributed by atoms with Crippen LogP contribution in [0.1, 0.15) is 17.3 Å². The van der Waals surface area contributed by atoms with E-state index in [2.05, 4.69) is 5.32 Å². The number of carbonyl (C=O) groups excluding carboxylic acids is 3. The molecule has 2 fully saturated rings. The molecule has 0 radical (unpaired) electrons. The highest BCUT2D eigenvalue weighted by Gasteiger charge is 2.45. The van der Waals surface area contributed by atoms with Crippen molar-refractivity contribution in [3.05, 3.63) is 34.9 Å². The van der Waals surface area contributed by atoms with Gasteiger partial charge in [0.2, 0.25) is 11.8 Å². The van der Waals surface area contributed by atoms with Crippen molar-refractivity contribution in [3.8, 4) is 0 Å². The second-order valence-corrected chi connectivity index (χ2v) is 6.41. The van der Waals surface area contributed by atoms with Gasteiger partial charge in [-0.3, -0.25) is 14.4 Å². The Morgan fingerprint density at radius 1 is 1.33 bits per heavy atom. The molecule has 7 nitrogen and oxygen atoms in total. The van der Waals surface area contributed by atoms with E-state index >= 15 is 0 Å². The summed E-state index contributed by atoms with van der Waals surface area (Å²) in [5, 5.41) is 12.5. The van der Waals surface area contributed by atoms with Gasteiger partial charge in [0.1, 0.15) is 12.1 Å². The van der Waals surface area contributed by atoms with Gasteiger partial charge in [0.05, 0.1) is 23.2 Å². The van der Waals surface area contributed by atoms with E-state index in [0.29, 0.717) is 17.1 Å². The van der Waals surface area contributed by atoms with Gasteiger partial charge in [-0.2, -0.15) is 0 Å². The lowest BCUT2D eigenvalue weighted by Crippen LogP contribution is -2.71. The maximum absolute atomic E-state index is 12.6. The fourth-order valence-corrected chi connectivity index (χ4v) is 3.29. The minimum Gasteiger partial charge on any atom is -0.391 e. The Labute approximate surface area is 144 Å². The Bertz CT molecular complexity index is 694. The van der Waals surface area contributed by atoms with E-state index in [1.807, 2.05) is 0 Å². The number of fused-ring (bicyclic) bond motifs is 1. The fourth-order valence-electron chi connectivity index (χ4n) is 3.08. The topological polar surface area (TPSA) is 89.9 Å². The molecule has 2 heterocycles. The average molecular weight is 352 g/mol. The van der Waals surface area contributed by atoms with Gasteiger partial charge in [0, 0.05) is 13.1 Å². The van der Waals surface area contributed by atoms with Gasteiger partial charge in [-0.05, 0) is 19.1 Å². The number of carbonyl (C=O) groups is 3. The largest absolute Gasteiger partial charge is 0.391 e. The van der Waals surface area contributed by atoms with Crippen LogP contribution in [0.25, 0.3) is 0 Å². The first-order chi connectivity index (χ1) is 11.4. The number of halogens is 1. The van der Waals surface area contributed by atoms with E-state index in [1.165, 1.54) is 16.7 Å². The fraction of sp³-hybridized carbons (Fsp3) is 0.438. The molecule has 3 rings (SSSR count). The van der Waals surface area contributed by atoms with E-state index in [9.17, 15) is 19.5 Å². The predicted molar refractivity (Wildman–Crippen MR) is 86.5 cm³/mol. The van der Waals surface area contributed by atoms with E-state index < -0.39 is 18.2 Å². The number of amides is 3. The Balaban J connectivity index is 1.78. The molecule has 2 aliphatic rings. The third-order valence-corrected chi connectivity index (χ3v) is 4.73. The summed E-state index contributed by atoms with van der Waals surface area (Å²) in [5.74, 6) is -0.949. The second-order valence-electron chi connectivity index (χ2n) is 6.01. The molecular weight excluding hydrogens is 334 g/mol. The molecule has 2 N–H and O–H groups in total. The number of rotatable bonds is 2. The number of aliphatic hydroxyl groups excluding tert-OH is 1. The summed E-state index contributed by atoms with van der Waals surface area (Å²) in [6.45, 7) is 2.12. The number of benzene rings is 1. The van der Waals surface area contributed by atoms with Crippen LogP contribution < -0.4 is 5.32 Å². The van der Waals surface area contributed by atoms with Crippen molar-refractivity contribution in [3.63, 3.8) is 0 Å². The third-order valence-electron chi connectivity index (χ3n) is 4.40. The molecule has 0 spiro atoms. The predicted octanol–water partition coefficient (Wildman–Crippen LogP) is -0.128. The van der Waals surface area contributed by atoms with Crippen molar-refractivity contribution < 1.29 is 19.5 Å². The van der Waals surface area contributed by atoms with Crippen molar-refractivity contribution in [1.82, 2.24) is 15.1 Å². The zero-order valence-corrected chi connectivity index (χ0v) is 13.9. The summed E-state index contributed by atoms with van der Waals surface area (Å²) < 4.78 is 0. The van der Waals surface area contributed by atoms with Crippen molar-refractivity contribution in [2.24, 2.45) is 0 Å². The van der Waals surface area contributed by atoms with Crippen LogP contribution in [0.3, 0.4) is 0 Å². The second kappa shape index (κ2) is 6.41. The van der Waals surface area contributed by atoms with Gasteiger partial charge in [-0.25, -0.2) is 0 Å². The molecule has 0 aromatic heterocycles. The van der Waals surface area contributed by atoms with Crippen molar-refractivity contribution in [2.75, 3.05) is 19.6 Å². The average Bonchev–Trinajstić information content (AvgIpc) is 2.57.